The first kappa shape index (κ1) is 12.8. The third-order valence-electron chi connectivity index (χ3n) is 3.10. The van der Waals surface area contributed by atoms with Gasteiger partial charge in [0, 0.05) is 5.92 Å². The summed E-state index contributed by atoms with van der Waals surface area (Å²) >= 11 is 0. The molecular weight excluding hydrogens is 283 g/mol. The molecule has 106 valence electrons. The summed E-state index contributed by atoms with van der Waals surface area (Å²) in [4.78, 5) is 0. The number of rotatable bonds is 2. The van der Waals surface area contributed by atoms with E-state index >= 15 is 0 Å². The average molecular weight is 290 g/mol. The van der Waals surface area contributed by atoms with Crippen molar-refractivity contribution >= 4 is 5.82 Å². The highest BCUT2D eigenvalue weighted by Crippen LogP contribution is 2.43. The average Bonchev–Trinajstić information content (AvgIpc) is 3.19. The van der Waals surface area contributed by atoms with Crippen molar-refractivity contribution in [3.05, 3.63) is 34.8 Å². The van der Waals surface area contributed by atoms with E-state index in [1.807, 2.05) is 0 Å². The Balaban J connectivity index is 2.31. The predicted octanol–water partition coefficient (Wildman–Crippen LogP) is 2.42. The smallest absolute Gasteiger partial charge is 0.200 e. The van der Waals surface area contributed by atoms with E-state index < -0.39 is 34.8 Å². The van der Waals surface area contributed by atoms with Gasteiger partial charge >= 0.3 is 0 Å². The summed E-state index contributed by atoms with van der Waals surface area (Å²) in [5.74, 6) is -10.4. The summed E-state index contributed by atoms with van der Waals surface area (Å²) in [5.41, 5.74) is 4.53. The van der Waals surface area contributed by atoms with Gasteiger partial charge in [-0.3, -0.25) is 0 Å². The predicted molar refractivity (Wildman–Crippen MR) is 57.5 cm³/mol. The Morgan fingerprint density at radius 2 is 1.40 bits per heavy atom. The van der Waals surface area contributed by atoms with E-state index in [1.54, 1.807) is 0 Å². The van der Waals surface area contributed by atoms with E-state index in [0.29, 0.717) is 17.5 Å². The maximum absolute atomic E-state index is 13.7. The third kappa shape index (κ3) is 1.65. The zero-order valence-electron chi connectivity index (χ0n) is 9.80. The normalized spacial score (nSPS) is 14.8. The molecule has 1 aliphatic carbocycles. The van der Waals surface area contributed by atoms with Gasteiger partial charge < -0.3 is 5.73 Å². The standard InChI is InChI=1S/C11H7F5N4/c12-4-5(13)7(15)10(8(16)6(4)14)20-9(3-1-2-3)11(17)18-19-20/h3H,1-2,17H2. The van der Waals surface area contributed by atoms with Crippen LogP contribution in [0.4, 0.5) is 27.8 Å². The van der Waals surface area contributed by atoms with Crippen LogP contribution in [-0.2, 0) is 0 Å². The Hall–Kier alpha value is -2.19. The summed E-state index contributed by atoms with van der Waals surface area (Å²) in [6.07, 6.45) is 1.37. The number of halogens is 5. The van der Waals surface area contributed by atoms with E-state index in [9.17, 15) is 22.0 Å². The lowest BCUT2D eigenvalue weighted by atomic mass is 10.2. The van der Waals surface area contributed by atoms with Gasteiger partial charge in [0.15, 0.2) is 29.1 Å². The molecule has 1 saturated carbocycles. The molecule has 1 aliphatic rings. The summed E-state index contributed by atoms with van der Waals surface area (Å²) < 4.78 is 67.4. The van der Waals surface area contributed by atoms with Crippen molar-refractivity contribution in [3.8, 4) is 5.69 Å². The van der Waals surface area contributed by atoms with Crippen molar-refractivity contribution in [1.82, 2.24) is 15.0 Å². The summed E-state index contributed by atoms with van der Waals surface area (Å²) in [6.45, 7) is 0. The van der Waals surface area contributed by atoms with Crippen molar-refractivity contribution in [1.29, 1.82) is 0 Å². The fourth-order valence-electron chi connectivity index (χ4n) is 1.98. The summed E-state index contributed by atoms with van der Waals surface area (Å²) in [7, 11) is 0. The lowest BCUT2D eigenvalue weighted by Crippen LogP contribution is -2.13. The maximum atomic E-state index is 13.7. The van der Waals surface area contributed by atoms with Crippen molar-refractivity contribution in [3.63, 3.8) is 0 Å². The van der Waals surface area contributed by atoms with Crippen LogP contribution in [0.25, 0.3) is 5.69 Å². The van der Waals surface area contributed by atoms with Crippen molar-refractivity contribution < 1.29 is 22.0 Å². The molecule has 0 bridgehead atoms. The van der Waals surface area contributed by atoms with E-state index in [1.165, 1.54) is 0 Å². The fraction of sp³-hybridized carbons (Fsp3) is 0.273. The van der Waals surface area contributed by atoms with E-state index in [2.05, 4.69) is 10.3 Å². The van der Waals surface area contributed by atoms with Crippen molar-refractivity contribution in [2.75, 3.05) is 5.73 Å². The highest BCUT2D eigenvalue weighted by molar-refractivity contribution is 5.46. The molecule has 2 aromatic rings. The highest BCUT2D eigenvalue weighted by atomic mass is 19.2. The van der Waals surface area contributed by atoms with Gasteiger partial charge in [-0.2, -0.15) is 0 Å². The quantitative estimate of drug-likeness (QED) is 0.525. The first-order valence-corrected chi connectivity index (χ1v) is 5.66. The molecule has 0 radical (unpaired) electrons. The van der Waals surface area contributed by atoms with Crippen LogP contribution in [-0.4, -0.2) is 15.0 Å². The number of nitrogen functional groups attached to an aromatic ring is 1. The van der Waals surface area contributed by atoms with Gasteiger partial charge in [0.25, 0.3) is 0 Å². The second-order valence-electron chi connectivity index (χ2n) is 4.46. The minimum Gasteiger partial charge on any atom is -0.381 e. The first-order valence-electron chi connectivity index (χ1n) is 5.66. The van der Waals surface area contributed by atoms with Crippen LogP contribution in [0.1, 0.15) is 24.5 Å². The lowest BCUT2D eigenvalue weighted by Gasteiger charge is -2.10. The largest absolute Gasteiger partial charge is 0.381 e. The molecule has 1 heterocycles. The number of hydrogen-bond acceptors (Lipinski definition) is 3. The Morgan fingerprint density at radius 3 is 1.90 bits per heavy atom. The molecular formula is C11H7F5N4. The number of nitrogens with two attached hydrogens (primary N) is 1. The monoisotopic (exact) mass is 290 g/mol. The topological polar surface area (TPSA) is 56.7 Å². The maximum Gasteiger partial charge on any atom is 0.200 e. The van der Waals surface area contributed by atoms with Gasteiger partial charge in [0.2, 0.25) is 5.82 Å². The first-order chi connectivity index (χ1) is 9.43. The summed E-state index contributed by atoms with van der Waals surface area (Å²) in [5, 5.41) is 6.82. The lowest BCUT2D eigenvalue weighted by molar-refractivity contribution is 0.372. The van der Waals surface area contributed by atoms with Crippen LogP contribution in [0.5, 0.6) is 0 Å². The van der Waals surface area contributed by atoms with Crippen LogP contribution in [0.2, 0.25) is 0 Å². The molecule has 1 fully saturated rings. The summed E-state index contributed by atoms with van der Waals surface area (Å²) in [6, 6.07) is 0. The van der Waals surface area contributed by atoms with E-state index in [4.69, 9.17) is 5.73 Å². The molecule has 0 amide bonds. The third-order valence-corrected chi connectivity index (χ3v) is 3.10. The second kappa shape index (κ2) is 4.15. The molecule has 0 atom stereocenters. The van der Waals surface area contributed by atoms with Gasteiger partial charge in [-0.05, 0) is 12.8 Å². The number of aromatic nitrogens is 3. The van der Waals surface area contributed by atoms with Gasteiger partial charge in [-0.15, -0.1) is 5.10 Å². The minimum absolute atomic E-state index is 0.0866. The van der Waals surface area contributed by atoms with Crippen LogP contribution in [0.3, 0.4) is 0 Å². The molecule has 0 spiro atoms. The zero-order valence-corrected chi connectivity index (χ0v) is 9.80. The van der Waals surface area contributed by atoms with Gasteiger partial charge in [0.1, 0.15) is 5.69 Å². The van der Waals surface area contributed by atoms with E-state index in [-0.39, 0.29) is 17.4 Å². The fourth-order valence-corrected chi connectivity index (χ4v) is 1.98. The number of anilines is 1. The minimum atomic E-state index is -2.22. The molecule has 20 heavy (non-hydrogen) atoms. The van der Waals surface area contributed by atoms with Gasteiger partial charge in [0.05, 0.1) is 5.69 Å². The van der Waals surface area contributed by atoms with E-state index in [0.717, 1.165) is 0 Å². The Morgan fingerprint density at radius 1 is 0.900 bits per heavy atom. The van der Waals surface area contributed by atoms with Gasteiger partial charge in [-0.25, -0.2) is 26.6 Å². The number of hydrogen-bond donors (Lipinski definition) is 1. The molecule has 2 N–H and O–H groups in total. The Bertz CT molecular complexity index is 678. The highest BCUT2D eigenvalue weighted by Gasteiger charge is 2.35. The molecule has 4 nitrogen and oxygen atoms in total. The molecule has 0 saturated heterocycles. The SMILES string of the molecule is Nc1nnn(-c2c(F)c(F)c(F)c(F)c2F)c1C1CC1. The number of benzene rings is 1. The molecule has 9 heteroatoms. The number of nitrogens with zero attached hydrogens (tertiary/aromatic N) is 3. The molecule has 1 aromatic heterocycles. The van der Waals surface area contributed by atoms with Crippen molar-refractivity contribution in [2.45, 2.75) is 18.8 Å². The molecule has 0 aliphatic heterocycles. The molecule has 1 aromatic carbocycles. The van der Waals surface area contributed by atoms with Gasteiger partial charge in [-0.1, -0.05) is 5.21 Å². The molecule has 3 rings (SSSR count). The van der Waals surface area contributed by atoms with Crippen LogP contribution >= 0.6 is 0 Å². The molecule has 0 unspecified atom stereocenters. The zero-order chi connectivity index (χ0) is 14.6. The van der Waals surface area contributed by atoms with Crippen molar-refractivity contribution in [2.24, 2.45) is 0 Å². The Kier molecular flexibility index (Phi) is 2.66. The van der Waals surface area contributed by atoms with Crippen LogP contribution < -0.4 is 5.73 Å². The van der Waals surface area contributed by atoms with Crippen LogP contribution in [0.15, 0.2) is 0 Å². The Labute approximate surface area is 109 Å². The van der Waals surface area contributed by atoms with Crippen LogP contribution in [0, 0.1) is 29.1 Å². The second-order valence-corrected chi connectivity index (χ2v) is 4.46.